The first-order valence-corrected chi connectivity index (χ1v) is 21.7. The smallest absolute Gasteiger partial charge is 0.264 e. The van der Waals surface area contributed by atoms with E-state index < -0.39 is 26.8 Å². The lowest BCUT2D eigenvalue weighted by Crippen LogP contribution is -2.53. The van der Waals surface area contributed by atoms with Crippen molar-refractivity contribution < 1.29 is 27.5 Å². The van der Waals surface area contributed by atoms with Crippen molar-refractivity contribution in [2.24, 2.45) is 17.8 Å². The summed E-state index contributed by atoms with van der Waals surface area (Å²) in [6, 6.07) is 12.0. The molecule has 7 rings (SSSR count). The second kappa shape index (κ2) is 17.0. The minimum atomic E-state index is -3.97. The number of halogens is 1. The predicted molar refractivity (Wildman–Crippen MR) is 215 cm³/mol. The van der Waals surface area contributed by atoms with E-state index in [4.69, 9.17) is 21.1 Å². The van der Waals surface area contributed by atoms with Crippen molar-refractivity contribution >= 4 is 39.5 Å². The molecule has 2 N–H and O–H groups in total. The maximum atomic E-state index is 13.4. The number of allylic oxidation sites excluding steroid dienone is 1. The fourth-order valence-corrected chi connectivity index (χ4v) is 10.5. The number of aldehydes is 1. The average Bonchev–Trinajstić information content (AvgIpc) is 3.51. The third-order valence-electron chi connectivity index (χ3n) is 12.8. The van der Waals surface area contributed by atoms with Gasteiger partial charge in [-0.25, -0.2) is 13.1 Å². The number of hydrogen-bond acceptors (Lipinski definition) is 9. The molecule has 1 spiro atoms. The van der Waals surface area contributed by atoms with Crippen LogP contribution in [0.1, 0.15) is 87.7 Å². The van der Waals surface area contributed by atoms with E-state index in [9.17, 15) is 18.0 Å². The normalized spacial score (nSPS) is 31.9. The van der Waals surface area contributed by atoms with Crippen LogP contribution in [0.2, 0.25) is 5.02 Å². The highest BCUT2D eigenvalue weighted by molar-refractivity contribution is 7.90. The molecule has 2 aromatic rings. The number of methoxy groups -OCH3 is 1. The van der Waals surface area contributed by atoms with Crippen molar-refractivity contribution in [2.45, 2.75) is 94.9 Å². The first-order valence-electron chi connectivity index (χ1n) is 19.8. The van der Waals surface area contributed by atoms with E-state index in [1.165, 1.54) is 37.2 Å². The average molecular weight is 783 g/mol. The Balaban J connectivity index is 0.000000432. The van der Waals surface area contributed by atoms with Crippen LogP contribution in [0.3, 0.4) is 0 Å². The maximum Gasteiger partial charge on any atom is 0.264 e. The van der Waals surface area contributed by atoms with Gasteiger partial charge in [-0.1, -0.05) is 30.7 Å². The molecule has 1 amide bonds. The first kappa shape index (κ1) is 40.7. The number of ether oxygens (including phenoxy) is 2. The number of fused-ring (bicyclic) bond motifs is 4. The number of sulfonamides is 1. The molecule has 2 aromatic carbocycles. The van der Waals surface area contributed by atoms with E-state index >= 15 is 0 Å². The van der Waals surface area contributed by atoms with E-state index in [2.05, 4.69) is 45.8 Å². The molecule has 1 saturated carbocycles. The van der Waals surface area contributed by atoms with Gasteiger partial charge in [-0.3, -0.25) is 14.5 Å². The zero-order valence-corrected chi connectivity index (χ0v) is 34.2. The molecule has 12 heteroatoms. The molecular formula is C42H59ClN4O6S. The van der Waals surface area contributed by atoms with Gasteiger partial charge in [0.05, 0.1) is 17.5 Å². The number of anilines is 1. The van der Waals surface area contributed by atoms with Crippen LogP contribution in [0, 0.1) is 17.8 Å². The molecule has 1 saturated heterocycles. The van der Waals surface area contributed by atoms with Crippen LogP contribution < -0.4 is 19.7 Å². The minimum Gasteiger partial charge on any atom is -0.490 e. The highest BCUT2D eigenvalue weighted by atomic mass is 35.5. The summed E-state index contributed by atoms with van der Waals surface area (Å²) in [6.07, 6.45) is 11.0. The lowest BCUT2D eigenvalue weighted by atomic mass is 9.64. The Labute approximate surface area is 327 Å². The Hall–Kier alpha value is -2.96. The summed E-state index contributed by atoms with van der Waals surface area (Å²) in [5, 5.41) is 3.27. The van der Waals surface area contributed by atoms with Crippen LogP contribution in [0.25, 0.3) is 0 Å². The molecule has 0 aromatic heterocycles. The summed E-state index contributed by atoms with van der Waals surface area (Å²) in [6.45, 7) is 14.6. The van der Waals surface area contributed by atoms with Gasteiger partial charge >= 0.3 is 0 Å². The molecule has 0 radical (unpaired) electrons. The molecule has 54 heavy (non-hydrogen) atoms. The summed E-state index contributed by atoms with van der Waals surface area (Å²) in [7, 11) is -2.41. The van der Waals surface area contributed by atoms with Crippen molar-refractivity contribution in [3.05, 3.63) is 70.3 Å². The topological polar surface area (TPSA) is 117 Å². The Morgan fingerprint density at radius 2 is 1.89 bits per heavy atom. The molecule has 10 nitrogen and oxygen atoms in total. The molecule has 0 unspecified atom stereocenters. The fraction of sp³-hybridized carbons (Fsp3) is 0.619. The maximum absolute atomic E-state index is 13.4. The van der Waals surface area contributed by atoms with Gasteiger partial charge in [-0.2, -0.15) is 0 Å². The zero-order valence-electron chi connectivity index (χ0n) is 32.6. The molecule has 296 valence electrons. The second-order valence-corrected chi connectivity index (χ2v) is 18.9. The van der Waals surface area contributed by atoms with Crippen LogP contribution in [-0.2, 0) is 31.4 Å². The van der Waals surface area contributed by atoms with E-state index in [0.717, 1.165) is 56.7 Å². The standard InChI is InChI=1S/C34H41ClN2O6S.C8H18N2/c1-22-6-4-15-34(20-38,42-3)29-11-8-26(29)18-37-19-33(14-5-7-24-16-27(35)10-12-28(24)33)21-43-31-13-9-25(17-30(31)37)32(39)36-44(40,41)23(22)2;1-8(2)10-6-3-4-9-5-7-10/h4,9-10,12-13,15-17,20,22-23,26,29H,5-8,11,14,18-19,21H2,1-3H3,(H,36,39);8-9H,3-7H2,1-2H3/b15-4+;/t22-,23+,26-,29+,33-,34-;/m0./s1. The van der Waals surface area contributed by atoms with Crippen LogP contribution in [0.15, 0.2) is 48.6 Å². The number of amides is 1. The van der Waals surface area contributed by atoms with Crippen molar-refractivity contribution in [3.8, 4) is 5.75 Å². The molecular weight excluding hydrogens is 724 g/mol. The van der Waals surface area contributed by atoms with Gasteiger partial charge in [0.2, 0.25) is 10.0 Å². The number of benzene rings is 2. The molecule has 3 heterocycles. The lowest BCUT2D eigenvalue weighted by molar-refractivity contribution is -0.135. The number of hydrogen-bond donors (Lipinski definition) is 2. The Morgan fingerprint density at radius 3 is 2.61 bits per heavy atom. The summed E-state index contributed by atoms with van der Waals surface area (Å²) in [4.78, 5) is 30.9. The number of carbonyl (C=O) groups is 2. The Kier molecular flexibility index (Phi) is 12.8. The Morgan fingerprint density at radius 1 is 1.07 bits per heavy atom. The highest BCUT2D eigenvalue weighted by Gasteiger charge is 2.49. The lowest BCUT2D eigenvalue weighted by Gasteiger charge is -2.48. The van der Waals surface area contributed by atoms with Crippen molar-refractivity contribution in [3.63, 3.8) is 0 Å². The summed E-state index contributed by atoms with van der Waals surface area (Å²) in [5.41, 5.74) is 2.05. The summed E-state index contributed by atoms with van der Waals surface area (Å²) < 4.78 is 41.3. The summed E-state index contributed by atoms with van der Waals surface area (Å²) in [5.74, 6) is -0.203. The monoisotopic (exact) mass is 782 g/mol. The fourth-order valence-electron chi connectivity index (χ4n) is 9.07. The van der Waals surface area contributed by atoms with Crippen molar-refractivity contribution in [2.75, 3.05) is 57.9 Å². The van der Waals surface area contributed by atoms with Gasteiger partial charge in [0.1, 0.15) is 11.4 Å². The third kappa shape index (κ3) is 8.55. The molecule has 3 aliphatic heterocycles. The van der Waals surface area contributed by atoms with Crippen LogP contribution in [0.5, 0.6) is 5.75 Å². The van der Waals surface area contributed by atoms with E-state index in [1.807, 2.05) is 25.1 Å². The van der Waals surface area contributed by atoms with Gasteiger partial charge < -0.3 is 19.7 Å². The molecule has 6 atom stereocenters. The van der Waals surface area contributed by atoms with E-state index in [-0.39, 0.29) is 28.7 Å². The van der Waals surface area contributed by atoms with Gasteiger partial charge in [-0.15, -0.1) is 0 Å². The SMILES string of the molecule is CC(C)N1CCCNCC1.CO[C@]1(C=O)/C=C/C[C@H](C)[C@@H](C)S(=O)(=O)NC(=O)c2ccc3c(c2)N(C[C@@H]2CC[C@H]21)C[C@@]1(CCCc2cc(Cl)ccc21)CO3. The largest absolute Gasteiger partial charge is 0.490 e. The predicted octanol–water partition coefficient (Wildman–Crippen LogP) is 6.16. The number of nitrogens with one attached hydrogen (secondary N) is 2. The van der Waals surface area contributed by atoms with E-state index in [0.29, 0.717) is 36.9 Å². The van der Waals surface area contributed by atoms with Gasteiger partial charge in [-0.05, 0) is 138 Å². The molecule has 5 aliphatic rings. The van der Waals surface area contributed by atoms with Crippen molar-refractivity contribution in [1.29, 1.82) is 0 Å². The third-order valence-corrected chi connectivity index (χ3v) is 15.0. The van der Waals surface area contributed by atoms with Crippen LogP contribution in [0.4, 0.5) is 5.69 Å². The highest BCUT2D eigenvalue weighted by Crippen LogP contribution is 2.48. The van der Waals surface area contributed by atoms with Crippen LogP contribution >= 0.6 is 11.6 Å². The van der Waals surface area contributed by atoms with Gasteiger partial charge in [0.15, 0.2) is 6.29 Å². The quantitative estimate of drug-likeness (QED) is 0.279. The van der Waals surface area contributed by atoms with Gasteiger partial charge in [0, 0.05) is 61.2 Å². The number of carbonyl (C=O) groups excluding carboxylic acids is 2. The summed E-state index contributed by atoms with van der Waals surface area (Å²) >= 11 is 6.40. The molecule has 2 bridgehead atoms. The minimum absolute atomic E-state index is 0.0434. The number of aryl methyl sites for hydroxylation is 1. The number of rotatable bonds is 3. The molecule has 2 aliphatic carbocycles. The van der Waals surface area contributed by atoms with Crippen molar-refractivity contribution in [1.82, 2.24) is 14.9 Å². The molecule has 2 fully saturated rings. The Bertz CT molecular complexity index is 1800. The van der Waals surface area contributed by atoms with Crippen LogP contribution in [-0.4, -0.2) is 95.4 Å². The second-order valence-electron chi connectivity index (χ2n) is 16.4. The zero-order chi connectivity index (χ0) is 38.7. The number of nitrogens with zero attached hydrogens (tertiary/aromatic N) is 2. The van der Waals surface area contributed by atoms with E-state index in [1.54, 1.807) is 32.2 Å². The first-order chi connectivity index (χ1) is 25.8. The van der Waals surface area contributed by atoms with Gasteiger partial charge in [0.25, 0.3) is 5.91 Å².